The van der Waals surface area contributed by atoms with E-state index in [1.54, 1.807) is 18.2 Å². The molecular weight excluding hydrogens is 322 g/mol. The largest absolute Gasteiger partial charge is 0.276 e. The Balaban J connectivity index is 2.01. The molecule has 0 aliphatic heterocycles. The molecule has 0 unspecified atom stereocenters. The molecule has 7 heteroatoms. The molecule has 0 atom stereocenters. The molecule has 1 aromatic heterocycles. The lowest BCUT2D eigenvalue weighted by molar-refractivity contribution is 0.592. The van der Waals surface area contributed by atoms with Gasteiger partial charge < -0.3 is 0 Å². The van der Waals surface area contributed by atoms with E-state index in [2.05, 4.69) is 9.93 Å². The monoisotopic (exact) mass is 333 g/mol. The smallest absolute Gasteiger partial charge is 0.200 e. The molecule has 0 saturated carbocycles. The minimum absolute atomic E-state index is 0.153. The lowest BCUT2D eigenvalue weighted by Crippen LogP contribution is -2.25. The maximum atomic E-state index is 12.4. The Morgan fingerprint density at radius 1 is 0.955 bits per heavy atom. The van der Waals surface area contributed by atoms with E-state index < -0.39 is 10.0 Å². The Morgan fingerprint density at radius 2 is 1.55 bits per heavy atom. The van der Waals surface area contributed by atoms with Crippen LogP contribution in [-0.4, -0.2) is 18.3 Å². The number of aromatic nitrogens is 2. The van der Waals surface area contributed by atoms with Crippen LogP contribution >= 0.6 is 11.6 Å². The number of halogens is 1. The van der Waals surface area contributed by atoms with Crippen LogP contribution in [0.3, 0.4) is 0 Å². The van der Waals surface area contributed by atoms with Gasteiger partial charge >= 0.3 is 0 Å². The second-order valence-electron chi connectivity index (χ2n) is 4.53. The summed E-state index contributed by atoms with van der Waals surface area (Å²) in [7, 11) is -3.74. The third-order valence-electron chi connectivity index (χ3n) is 3.03. The zero-order valence-corrected chi connectivity index (χ0v) is 12.9. The highest BCUT2D eigenvalue weighted by Crippen LogP contribution is 2.27. The third-order valence-corrected chi connectivity index (χ3v) is 4.61. The van der Waals surface area contributed by atoms with Gasteiger partial charge in [0.25, 0.3) is 10.0 Å². The second-order valence-corrected chi connectivity index (χ2v) is 6.59. The van der Waals surface area contributed by atoms with Gasteiger partial charge in [-0.1, -0.05) is 60.1 Å². The molecule has 2 aromatic carbocycles. The van der Waals surface area contributed by atoms with Crippen molar-refractivity contribution in [2.24, 2.45) is 0 Å². The van der Waals surface area contributed by atoms with Crippen LogP contribution in [0, 0.1) is 0 Å². The molecule has 0 aliphatic rings. The molecule has 0 radical (unpaired) electrons. The number of nitrogens with zero attached hydrogens (tertiary/aromatic N) is 2. The van der Waals surface area contributed by atoms with E-state index in [-0.39, 0.29) is 4.90 Å². The molecule has 0 saturated heterocycles. The predicted molar refractivity (Wildman–Crippen MR) is 85.7 cm³/mol. The van der Waals surface area contributed by atoms with Gasteiger partial charge in [-0.3, -0.25) is 0 Å². The summed E-state index contributed by atoms with van der Waals surface area (Å²) in [6.07, 6.45) is 1.40. The number of rotatable bonds is 4. The van der Waals surface area contributed by atoms with Gasteiger partial charge in [0.2, 0.25) is 0 Å². The van der Waals surface area contributed by atoms with Gasteiger partial charge in [0, 0.05) is 5.56 Å². The molecule has 112 valence electrons. The van der Waals surface area contributed by atoms with Gasteiger partial charge in [0.05, 0.1) is 16.1 Å². The van der Waals surface area contributed by atoms with Gasteiger partial charge in [-0.25, -0.2) is 0 Å². The molecule has 0 spiro atoms. The van der Waals surface area contributed by atoms with Crippen LogP contribution in [0.1, 0.15) is 0 Å². The van der Waals surface area contributed by atoms with E-state index in [1.165, 1.54) is 23.1 Å². The number of hydrogen-bond donors (Lipinski definition) is 1. The Hall–Kier alpha value is -2.31. The average Bonchev–Trinajstić information content (AvgIpc) is 2.89. The Kier molecular flexibility index (Phi) is 3.87. The van der Waals surface area contributed by atoms with Crippen molar-refractivity contribution in [2.75, 3.05) is 4.83 Å². The van der Waals surface area contributed by atoms with Crippen LogP contribution in [0.5, 0.6) is 0 Å². The van der Waals surface area contributed by atoms with Crippen molar-refractivity contribution in [1.29, 1.82) is 0 Å². The molecule has 0 fully saturated rings. The molecule has 3 aromatic rings. The number of benzene rings is 2. The van der Waals surface area contributed by atoms with Gasteiger partial charge in [0.1, 0.15) is 5.69 Å². The molecule has 1 N–H and O–H groups in total. The molecule has 5 nitrogen and oxygen atoms in total. The fraction of sp³-hybridized carbons (Fsp3) is 0. The van der Waals surface area contributed by atoms with E-state index in [1.807, 2.05) is 30.3 Å². The van der Waals surface area contributed by atoms with Crippen LogP contribution in [0.15, 0.2) is 71.8 Å². The van der Waals surface area contributed by atoms with Crippen LogP contribution in [0.2, 0.25) is 5.02 Å². The number of sulfonamides is 1. The highest BCUT2D eigenvalue weighted by Gasteiger charge is 2.18. The van der Waals surface area contributed by atoms with Gasteiger partial charge in [-0.05, 0) is 12.1 Å². The lowest BCUT2D eigenvalue weighted by atomic mass is 10.2. The minimum Gasteiger partial charge on any atom is -0.200 e. The maximum absolute atomic E-state index is 12.4. The first-order chi connectivity index (χ1) is 10.6. The molecule has 0 bridgehead atoms. The zero-order chi connectivity index (χ0) is 15.6. The topological polar surface area (TPSA) is 64.0 Å². The van der Waals surface area contributed by atoms with E-state index in [4.69, 9.17) is 11.6 Å². The number of nitrogens with one attached hydrogen (secondary N) is 1. The van der Waals surface area contributed by atoms with E-state index in [0.29, 0.717) is 10.7 Å². The Labute approximate surface area is 133 Å². The summed E-state index contributed by atoms with van der Waals surface area (Å²) in [5.41, 5.74) is 1.25. The van der Waals surface area contributed by atoms with Crippen molar-refractivity contribution in [1.82, 2.24) is 9.89 Å². The normalized spacial score (nSPS) is 11.3. The lowest BCUT2D eigenvalue weighted by Gasteiger charge is -2.11. The summed E-state index contributed by atoms with van der Waals surface area (Å²) < 4.78 is 24.8. The van der Waals surface area contributed by atoms with E-state index in [9.17, 15) is 8.42 Å². The molecular formula is C15H12ClN3O2S. The first-order valence-corrected chi connectivity index (χ1v) is 8.31. The van der Waals surface area contributed by atoms with Crippen molar-refractivity contribution < 1.29 is 8.42 Å². The standard InChI is InChI=1S/C15H12ClN3O2S/c16-14-11-17-19(15(14)12-7-3-1-4-8-12)18-22(20,21)13-9-5-2-6-10-13/h1-11,18H. The molecule has 1 heterocycles. The highest BCUT2D eigenvalue weighted by atomic mass is 35.5. The van der Waals surface area contributed by atoms with Crippen molar-refractivity contribution >= 4 is 21.6 Å². The Morgan fingerprint density at radius 3 is 2.18 bits per heavy atom. The van der Waals surface area contributed by atoms with Crippen LogP contribution in [0.25, 0.3) is 11.3 Å². The van der Waals surface area contributed by atoms with Gasteiger partial charge in [-0.15, -0.1) is 0 Å². The minimum atomic E-state index is -3.74. The Bertz CT molecular complexity index is 878. The SMILES string of the molecule is O=S(=O)(Nn1ncc(Cl)c1-c1ccccc1)c1ccccc1. The number of hydrogen-bond acceptors (Lipinski definition) is 3. The summed E-state index contributed by atoms with van der Waals surface area (Å²) in [5, 5.41) is 4.36. The average molecular weight is 334 g/mol. The van der Waals surface area contributed by atoms with Crippen molar-refractivity contribution in [3.8, 4) is 11.3 Å². The van der Waals surface area contributed by atoms with E-state index in [0.717, 1.165) is 5.56 Å². The molecule has 22 heavy (non-hydrogen) atoms. The van der Waals surface area contributed by atoms with E-state index >= 15 is 0 Å². The van der Waals surface area contributed by atoms with Crippen LogP contribution < -0.4 is 4.83 Å². The van der Waals surface area contributed by atoms with Crippen molar-refractivity contribution in [3.63, 3.8) is 0 Å². The summed E-state index contributed by atoms with van der Waals surface area (Å²) in [4.78, 5) is 3.74. The quantitative estimate of drug-likeness (QED) is 0.797. The molecule has 0 amide bonds. The molecule has 0 aliphatic carbocycles. The highest BCUT2D eigenvalue weighted by molar-refractivity contribution is 7.92. The van der Waals surface area contributed by atoms with Crippen molar-refractivity contribution in [3.05, 3.63) is 71.9 Å². The van der Waals surface area contributed by atoms with Crippen molar-refractivity contribution in [2.45, 2.75) is 4.90 Å². The molecule has 3 rings (SSSR count). The third kappa shape index (κ3) is 2.84. The van der Waals surface area contributed by atoms with Crippen LogP contribution in [-0.2, 0) is 10.0 Å². The second kappa shape index (κ2) is 5.82. The summed E-state index contributed by atoms with van der Waals surface area (Å²) in [6, 6.07) is 17.3. The summed E-state index contributed by atoms with van der Waals surface area (Å²) in [5.74, 6) is 0. The fourth-order valence-corrected chi connectivity index (χ4v) is 3.24. The summed E-state index contributed by atoms with van der Waals surface area (Å²) in [6.45, 7) is 0. The van der Waals surface area contributed by atoms with Gasteiger partial charge in [-0.2, -0.15) is 23.1 Å². The first-order valence-electron chi connectivity index (χ1n) is 6.45. The fourth-order valence-electron chi connectivity index (χ4n) is 2.02. The van der Waals surface area contributed by atoms with Crippen LogP contribution in [0.4, 0.5) is 0 Å². The first kappa shape index (κ1) is 14.6. The maximum Gasteiger partial charge on any atom is 0.276 e. The van der Waals surface area contributed by atoms with Gasteiger partial charge in [0.15, 0.2) is 0 Å². The predicted octanol–water partition coefficient (Wildman–Crippen LogP) is 3.14. The summed E-state index contributed by atoms with van der Waals surface area (Å²) >= 11 is 6.14. The zero-order valence-electron chi connectivity index (χ0n) is 11.3.